The fourth-order valence-corrected chi connectivity index (χ4v) is 7.02. The summed E-state index contributed by atoms with van der Waals surface area (Å²) in [6, 6.07) is 10.0. The second-order valence-corrected chi connectivity index (χ2v) is 13.2. The lowest BCUT2D eigenvalue weighted by Crippen LogP contribution is -2.38. The summed E-state index contributed by atoms with van der Waals surface area (Å²) in [5.41, 5.74) is 2.77. The van der Waals surface area contributed by atoms with Crippen LogP contribution >= 0.6 is 23.2 Å². The van der Waals surface area contributed by atoms with Crippen molar-refractivity contribution < 1.29 is 31.4 Å². The van der Waals surface area contributed by atoms with E-state index >= 15 is 4.39 Å². The molecule has 6 rings (SSSR count). The molecule has 2 heterocycles. The Morgan fingerprint density at radius 2 is 1.95 bits per heavy atom. The van der Waals surface area contributed by atoms with E-state index in [0.717, 1.165) is 41.9 Å². The van der Waals surface area contributed by atoms with Gasteiger partial charge in [0, 0.05) is 47.8 Å². The molecule has 2 bridgehead atoms. The lowest BCUT2D eigenvalue weighted by molar-refractivity contribution is -0.107. The Morgan fingerprint density at radius 3 is 2.56 bits per heavy atom. The van der Waals surface area contributed by atoms with Crippen molar-refractivity contribution >= 4 is 51.1 Å². The molecule has 0 radical (unpaired) electrons. The van der Waals surface area contributed by atoms with Crippen LogP contribution < -0.4 is 9.80 Å². The van der Waals surface area contributed by atoms with Gasteiger partial charge in [-0.15, -0.1) is 0 Å². The molecule has 1 N–H and O–H groups in total. The number of benzene rings is 2. The zero-order valence-electron chi connectivity index (χ0n) is 21.9. The van der Waals surface area contributed by atoms with Crippen molar-refractivity contribution in [3.8, 4) is 11.3 Å². The first kappa shape index (κ1) is 28.4. The first-order chi connectivity index (χ1) is 19.6. The number of amides is 1. The summed E-state index contributed by atoms with van der Waals surface area (Å²) in [7, 11) is -4.29. The van der Waals surface area contributed by atoms with E-state index in [4.69, 9.17) is 37.0 Å². The Balaban J connectivity index is 1.13. The van der Waals surface area contributed by atoms with Gasteiger partial charge in [-0.3, -0.25) is 9.35 Å². The molecule has 41 heavy (non-hydrogen) atoms. The van der Waals surface area contributed by atoms with Crippen molar-refractivity contribution in [3.63, 3.8) is 0 Å². The van der Waals surface area contributed by atoms with E-state index < -0.39 is 21.7 Å². The average molecular weight is 625 g/mol. The van der Waals surface area contributed by atoms with Gasteiger partial charge in [0.25, 0.3) is 10.1 Å². The Labute approximate surface area is 246 Å². The Bertz CT molecular complexity index is 1560. The smallest absolute Gasteiger partial charge is 0.266 e. The molecule has 2 aliphatic carbocycles. The van der Waals surface area contributed by atoms with E-state index in [2.05, 4.69) is 10.1 Å². The molecule has 2 aromatic carbocycles. The third-order valence-corrected chi connectivity index (χ3v) is 9.50. The van der Waals surface area contributed by atoms with E-state index in [1.54, 1.807) is 24.3 Å². The summed E-state index contributed by atoms with van der Waals surface area (Å²) in [5, 5.41) is 5.33. The van der Waals surface area contributed by atoms with Gasteiger partial charge in [-0.2, -0.15) is 8.42 Å². The van der Waals surface area contributed by atoms with Crippen LogP contribution in [0.5, 0.6) is 0 Å². The van der Waals surface area contributed by atoms with Crippen molar-refractivity contribution in [2.45, 2.75) is 50.4 Å². The Hall–Kier alpha value is -2.70. The highest BCUT2D eigenvalue weighted by Crippen LogP contribution is 2.47. The first-order valence-electron chi connectivity index (χ1n) is 13.4. The molecule has 1 aliphatic heterocycles. The van der Waals surface area contributed by atoms with Crippen molar-refractivity contribution in [2.75, 3.05) is 28.6 Å². The second-order valence-electron chi connectivity index (χ2n) is 10.9. The molecule has 218 valence electrons. The van der Waals surface area contributed by atoms with Crippen molar-refractivity contribution in [1.82, 2.24) is 5.16 Å². The summed E-state index contributed by atoms with van der Waals surface area (Å²) >= 11 is 13.0. The Kier molecular flexibility index (Phi) is 7.75. The summed E-state index contributed by atoms with van der Waals surface area (Å²) in [4.78, 5) is 14.5. The molecular weight excluding hydrogens is 596 g/mol. The van der Waals surface area contributed by atoms with Crippen LogP contribution in [0.15, 0.2) is 40.9 Å². The number of hydrogen-bond acceptors (Lipinski definition) is 7. The van der Waals surface area contributed by atoms with Gasteiger partial charge < -0.3 is 19.1 Å². The van der Waals surface area contributed by atoms with Gasteiger partial charge >= 0.3 is 0 Å². The number of nitrogens with zero attached hydrogens (tertiary/aromatic N) is 3. The number of carbonyl (C=O) groups excluding carboxylic acids is 1. The molecule has 9 nitrogen and oxygen atoms in total. The third-order valence-electron chi connectivity index (χ3n) is 8.17. The quantitative estimate of drug-likeness (QED) is 0.214. The van der Waals surface area contributed by atoms with Crippen molar-refractivity contribution in [3.05, 3.63) is 63.6 Å². The minimum Gasteiger partial charge on any atom is -0.373 e. The summed E-state index contributed by atoms with van der Waals surface area (Å²) in [6.07, 6.45) is 4.13. The zero-order valence-corrected chi connectivity index (χ0v) is 24.2. The van der Waals surface area contributed by atoms with Crippen molar-refractivity contribution in [1.29, 1.82) is 0 Å². The molecule has 3 atom stereocenters. The number of fused-ring (bicyclic) bond motifs is 2. The number of rotatable bonds is 11. The number of aromatic nitrogens is 1. The van der Waals surface area contributed by atoms with Gasteiger partial charge in [0.2, 0.25) is 6.41 Å². The van der Waals surface area contributed by atoms with E-state index in [1.807, 2.05) is 0 Å². The van der Waals surface area contributed by atoms with Gasteiger partial charge in [0.15, 0.2) is 0 Å². The fourth-order valence-electron chi connectivity index (χ4n) is 6.02. The average Bonchev–Trinajstić information content (AvgIpc) is 3.37. The number of ether oxygens (including phenoxy) is 1. The van der Waals surface area contributed by atoms with Gasteiger partial charge in [-0.1, -0.05) is 34.4 Å². The van der Waals surface area contributed by atoms with E-state index in [9.17, 15) is 13.2 Å². The second kappa shape index (κ2) is 11.2. The minimum atomic E-state index is -4.29. The van der Waals surface area contributed by atoms with Gasteiger partial charge in [-0.25, -0.2) is 4.39 Å². The molecule has 1 aromatic heterocycles. The molecule has 3 fully saturated rings. The van der Waals surface area contributed by atoms with Gasteiger partial charge in [-0.05, 0) is 56.0 Å². The van der Waals surface area contributed by atoms with Crippen molar-refractivity contribution in [2.24, 2.45) is 5.92 Å². The lowest BCUT2D eigenvalue weighted by atomic mass is 10.0. The first-order valence-corrected chi connectivity index (χ1v) is 15.8. The maximum Gasteiger partial charge on any atom is 0.266 e. The van der Waals surface area contributed by atoms with Crippen LogP contribution in [0.4, 0.5) is 15.8 Å². The largest absolute Gasteiger partial charge is 0.373 e. The highest BCUT2D eigenvalue weighted by atomic mass is 35.5. The van der Waals surface area contributed by atoms with E-state index in [0.29, 0.717) is 52.5 Å². The maximum atomic E-state index is 15.0. The highest BCUT2D eigenvalue weighted by Gasteiger charge is 2.46. The predicted molar refractivity (Wildman–Crippen MR) is 153 cm³/mol. The molecule has 0 spiro atoms. The molecule has 1 amide bonds. The van der Waals surface area contributed by atoms with Crippen LogP contribution in [0.1, 0.15) is 42.9 Å². The van der Waals surface area contributed by atoms with Crippen LogP contribution in [0.2, 0.25) is 10.0 Å². The number of anilines is 2. The Morgan fingerprint density at radius 1 is 1.20 bits per heavy atom. The topological polar surface area (TPSA) is 113 Å². The zero-order chi connectivity index (χ0) is 28.9. The number of hydrogen-bond donors (Lipinski definition) is 1. The van der Waals surface area contributed by atoms with Crippen LogP contribution in [-0.2, 0) is 26.3 Å². The molecule has 0 unspecified atom stereocenters. The predicted octanol–water partition coefficient (Wildman–Crippen LogP) is 5.70. The highest BCUT2D eigenvalue weighted by molar-refractivity contribution is 7.85. The van der Waals surface area contributed by atoms with Gasteiger partial charge in [0.05, 0.1) is 34.2 Å². The van der Waals surface area contributed by atoms with Crippen LogP contribution in [-0.4, -0.2) is 55.5 Å². The molecule has 2 saturated carbocycles. The third kappa shape index (κ3) is 5.83. The van der Waals surface area contributed by atoms with Crippen LogP contribution in [0.25, 0.3) is 11.3 Å². The molecule has 3 aromatic rings. The summed E-state index contributed by atoms with van der Waals surface area (Å²) in [6.45, 7) is 0.663. The number of piperidine rings is 1. The minimum absolute atomic E-state index is 0.0166. The monoisotopic (exact) mass is 623 g/mol. The normalized spacial score (nSPS) is 22.0. The fraction of sp³-hybridized carbons (Fsp3) is 0.429. The maximum absolute atomic E-state index is 15.0. The molecule has 13 heteroatoms. The lowest BCUT2D eigenvalue weighted by Gasteiger charge is -2.33. The summed E-state index contributed by atoms with van der Waals surface area (Å²) in [5.74, 6) is 0.0746. The molecule has 3 aliphatic rings. The van der Waals surface area contributed by atoms with Crippen LogP contribution in [0.3, 0.4) is 0 Å². The van der Waals surface area contributed by atoms with E-state index in [1.165, 1.54) is 12.1 Å². The summed E-state index contributed by atoms with van der Waals surface area (Å²) < 4.78 is 58.3. The van der Waals surface area contributed by atoms with E-state index in [-0.39, 0.29) is 30.3 Å². The number of halogens is 3. The standard InChI is InChI=1S/C28H28Cl2FN3O6S/c29-21-2-1-3-22(30)26(21)27-20(28(40-32-27)16-4-5-16)14-39-25-12-19-10-17(25)13-34(19)18-6-7-24(23(31)11-18)33(15-35)8-9-41(36,37)38/h1-3,6-7,11,15-17,19,25H,4-5,8-10,12-14H2,(H,36,37,38)/t17-,19-,25+/m0/s1. The number of carbonyl (C=O) groups is 1. The van der Waals surface area contributed by atoms with Gasteiger partial charge in [0.1, 0.15) is 17.3 Å². The molecular formula is C28H28Cl2FN3O6S. The molecule has 1 saturated heterocycles. The van der Waals surface area contributed by atoms with Crippen LogP contribution in [0, 0.1) is 11.7 Å². The SMILES string of the molecule is O=CN(CCS(=O)(=O)O)c1ccc(N2C[C@@H]3C[C@H]2C[C@H]3OCc2c(-c3c(Cl)cccc3Cl)noc2C2CC2)cc1F.